The molecule has 0 N–H and O–H groups in total. The highest BCUT2D eigenvalue weighted by atomic mass is 16.7. The Balaban J connectivity index is 2.03. The summed E-state index contributed by atoms with van der Waals surface area (Å²) in [6, 6.07) is 0. The van der Waals surface area contributed by atoms with E-state index >= 15 is 0 Å². The number of hydrogen-bond donors (Lipinski definition) is 0. The molecule has 1 unspecified atom stereocenters. The number of ether oxygens (including phenoxy) is 2. The summed E-state index contributed by atoms with van der Waals surface area (Å²) in [7, 11) is 0. The van der Waals surface area contributed by atoms with Crippen molar-refractivity contribution in [3.63, 3.8) is 0 Å². The lowest BCUT2D eigenvalue weighted by atomic mass is 10.1. The van der Waals surface area contributed by atoms with Crippen molar-refractivity contribution in [1.29, 1.82) is 0 Å². The van der Waals surface area contributed by atoms with Crippen molar-refractivity contribution in [2.75, 3.05) is 13.2 Å². The molecule has 0 spiro atoms. The van der Waals surface area contributed by atoms with Crippen LogP contribution in [0.1, 0.15) is 39.0 Å². The van der Waals surface area contributed by atoms with E-state index in [1.54, 1.807) is 0 Å². The molecule has 1 heterocycles. The van der Waals surface area contributed by atoms with Crippen LogP contribution in [0.5, 0.6) is 0 Å². The molecule has 0 aromatic carbocycles. The van der Waals surface area contributed by atoms with Crippen LogP contribution in [0.25, 0.3) is 0 Å². The minimum atomic E-state index is 0.0648. The zero-order valence-corrected chi connectivity index (χ0v) is 9.21. The van der Waals surface area contributed by atoms with E-state index in [0.717, 1.165) is 32.5 Å². The molecule has 2 atom stereocenters. The van der Waals surface area contributed by atoms with Crippen molar-refractivity contribution in [1.82, 2.24) is 0 Å². The molecule has 2 heteroatoms. The zero-order chi connectivity index (χ0) is 10.2. The topological polar surface area (TPSA) is 18.5 Å². The highest BCUT2D eigenvalue weighted by Gasteiger charge is 2.14. The van der Waals surface area contributed by atoms with Crippen LogP contribution in [0.3, 0.4) is 0 Å². The van der Waals surface area contributed by atoms with Crippen molar-refractivity contribution in [2.24, 2.45) is 5.92 Å². The average Bonchev–Trinajstić information content (AvgIpc) is 2.25. The van der Waals surface area contributed by atoms with Gasteiger partial charge in [0.1, 0.15) is 0 Å². The lowest BCUT2D eigenvalue weighted by Gasteiger charge is -2.24. The van der Waals surface area contributed by atoms with Gasteiger partial charge in [0.25, 0.3) is 0 Å². The fraction of sp³-hybridized carbons (Fsp3) is 0.833. The highest BCUT2D eigenvalue weighted by molar-refractivity contribution is 4.68. The molecular weight excluding hydrogens is 176 g/mol. The van der Waals surface area contributed by atoms with Crippen LogP contribution in [-0.2, 0) is 9.47 Å². The Morgan fingerprint density at radius 2 is 2.43 bits per heavy atom. The monoisotopic (exact) mass is 198 g/mol. The van der Waals surface area contributed by atoms with Crippen LogP contribution in [0.4, 0.5) is 0 Å². The first-order valence-corrected chi connectivity index (χ1v) is 5.67. The van der Waals surface area contributed by atoms with Gasteiger partial charge in [-0.15, -0.1) is 6.58 Å². The van der Waals surface area contributed by atoms with Crippen LogP contribution < -0.4 is 0 Å². The maximum atomic E-state index is 5.69. The molecular formula is C12H22O2. The van der Waals surface area contributed by atoms with Gasteiger partial charge in [-0.25, -0.2) is 0 Å². The first-order chi connectivity index (χ1) is 6.83. The molecule has 2 nitrogen and oxygen atoms in total. The second kappa shape index (κ2) is 7.02. The van der Waals surface area contributed by atoms with Gasteiger partial charge in [0.05, 0.1) is 6.61 Å². The Morgan fingerprint density at radius 3 is 3.07 bits per heavy atom. The fourth-order valence-corrected chi connectivity index (χ4v) is 1.60. The molecule has 0 bridgehead atoms. The molecule has 1 aliphatic rings. The van der Waals surface area contributed by atoms with Crippen LogP contribution in [-0.4, -0.2) is 19.5 Å². The second-order valence-electron chi connectivity index (χ2n) is 4.10. The van der Waals surface area contributed by atoms with Crippen molar-refractivity contribution in [3.8, 4) is 0 Å². The van der Waals surface area contributed by atoms with Gasteiger partial charge in [-0.2, -0.15) is 0 Å². The summed E-state index contributed by atoms with van der Waals surface area (Å²) in [6.07, 6.45) is 7.76. The second-order valence-corrected chi connectivity index (χ2v) is 4.10. The van der Waals surface area contributed by atoms with Gasteiger partial charge in [0.2, 0.25) is 0 Å². The number of hydrogen-bond acceptors (Lipinski definition) is 2. The quantitative estimate of drug-likeness (QED) is 0.610. The zero-order valence-electron chi connectivity index (χ0n) is 9.21. The van der Waals surface area contributed by atoms with E-state index in [2.05, 4.69) is 13.5 Å². The van der Waals surface area contributed by atoms with Gasteiger partial charge in [0.15, 0.2) is 6.29 Å². The van der Waals surface area contributed by atoms with Crippen molar-refractivity contribution in [3.05, 3.63) is 12.7 Å². The van der Waals surface area contributed by atoms with Crippen LogP contribution in [0, 0.1) is 5.92 Å². The number of rotatable bonds is 6. The molecule has 0 aromatic heterocycles. The third-order valence-electron chi connectivity index (χ3n) is 2.57. The van der Waals surface area contributed by atoms with Crippen molar-refractivity contribution >= 4 is 0 Å². The van der Waals surface area contributed by atoms with E-state index in [0.29, 0.717) is 5.92 Å². The Kier molecular flexibility index (Phi) is 5.88. The number of allylic oxidation sites excluding steroid dienone is 1. The molecule has 1 fully saturated rings. The van der Waals surface area contributed by atoms with E-state index < -0.39 is 0 Å². The standard InChI is InChI=1S/C12H22O2/c1-3-4-7-11(2)10-14-12-8-5-6-9-13-12/h3,11-12H,1,4-10H2,2H3/t11-,12?/m1/s1. The van der Waals surface area contributed by atoms with E-state index in [-0.39, 0.29) is 6.29 Å². The van der Waals surface area contributed by atoms with E-state index in [1.165, 1.54) is 12.8 Å². The highest BCUT2D eigenvalue weighted by Crippen LogP contribution is 2.15. The lowest BCUT2D eigenvalue weighted by Crippen LogP contribution is -2.24. The first kappa shape index (κ1) is 11.7. The fourth-order valence-electron chi connectivity index (χ4n) is 1.60. The molecule has 14 heavy (non-hydrogen) atoms. The van der Waals surface area contributed by atoms with Crippen molar-refractivity contribution < 1.29 is 9.47 Å². The summed E-state index contributed by atoms with van der Waals surface area (Å²) < 4.78 is 11.2. The normalized spacial score (nSPS) is 24.5. The Bertz CT molecular complexity index is 150. The largest absolute Gasteiger partial charge is 0.353 e. The Hall–Kier alpha value is -0.340. The van der Waals surface area contributed by atoms with Crippen LogP contribution in [0.15, 0.2) is 12.7 Å². The molecule has 1 saturated heterocycles. The molecule has 82 valence electrons. The third kappa shape index (κ3) is 4.77. The average molecular weight is 198 g/mol. The van der Waals surface area contributed by atoms with Gasteiger partial charge in [-0.1, -0.05) is 13.0 Å². The molecule has 0 saturated carbocycles. The smallest absolute Gasteiger partial charge is 0.157 e. The summed E-state index contributed by atoms with van der Waals surface area (Å²) >= 11 is 0. The van der Waals surface area contributed by atoms with Crippen LogP contribution in [0.2, 0.25) is 0 Å². The summed E-state index contributed by atoms with van der Waals surface area (Å²) in [6.45, 7) is 7.62. The summed E-state index contributed by atoms with van der Waals surface area (Å²) in [5.41, 5.74) is 0. The summed E-state index contributed by atoms with van der Waals surface area (Å²) in [4.78, 5) is 0. The maximum Gasteiger partial charge on any atom is 0.157 e. The van der Waals surface area contributed by atoms with Gasteiger partial charge in [-0.3, -0.25) is 0 Å². The van der Waals surface area contributed by atoms with E-state index in [4.69, 9.17) is 9.47 Å². The molecule has 0 amide bonds. The SMILES string of the molecule is C=CCC[C@@H](C)COC1CCCCO1. The Morgan fingerprint density at radius 1 is 1.57 bits per heavy atom. The predicted molar refractivity (Wildman–Crippen MR) is 58.1 cm³/mol. The van der Waals surface area contributed by atoms with Gasteiger partial charge in [-0.05, 0) is 38.0 Å². The maximum absolute atomic E-state index is 5.69. The molecule has 0 aliphatic carbocycles. The van der Waals surface area contributed by atoms with E-state index in [1.807, 2.05) is 6.08 Å². The molecule has 0 aromatic rings. The summed E-state index contributed by atoms with van der Waals surface area (Å²) in [5, 5.41) is 0. The molecule has 1 rings (SSSR count). The lowest BCUT2D eigenvalue weighted by molar-refractivity contribution is -0.168. The Labute approximate surface area is 87.3 Å². The molecule has 1 aliphatic heterocycles. The van der Waals surface area contributed by atoms with E-state index in [9.17, 15) is 0 Å². The minimum Gasteiger partial charge on any atom is -0.353 e. The van der Waals surface area contributed by atoms with Gasteiger partial charge in [0, 0.05) is 6.61 Å². The third-order valence-corrected chi connectivity index (χ3v) is 2.57. The first-order valence-electron chi connectivity index (χ1n) is 5.67. The van der Waals surface area contributed by atoms with Gasteiger partial charge >= 0.3 is 0 Å². The minimum absolute atomic E-state index is 0.0648. The predicted octanol–water partition coefficient (Wildman–Crippen LogP) is 3.13. The van der Waals surface area contributed by atoms with Crippen molar-refractivity contribution in [2.45, 2.75) is 45.3 Å². The van der Waals surface area contributed by atoms with Crippen LogP contribution >= 0.6 is 0 Å². The van der Waals surface area contributed by atoms with Gasteiger partial charge < -0.3 is 9.47 Å². The summed E-state index contributed by atoms with van der Waals surface area (Å²) in [5.74, 6) is 0.610. The molecule has 0 radical (unpaired) electrons.